The van der Waals surface area contributed by atoms with Crippen LogP contribution < -0.4 is 0 Å². The molecular formula is C14H12O2. The molecule has 0 radical (unpaired) electrons. The predicted molar refractivity (Wildman–Crippen MR) is 64.0 cm³/mol. The molecule has 2 aromatic rings. The van der Waals surface area contributed by atoms with E-state index in [1.54, 1.807) is 26.0 Å². The van der Waals surface area contributed by atoms with Gasteiger partial charge in [0, 0.05) is 11.1 Å². The van der Waals surface area contributed by atoms with Gasteiger partial charge in [-0.1, -0.05) is 24.3 Å². The van der Waals surface area contributed by atoms with Crippen molar-refractivity contribution in [3.8, 4) is 0 Å². The standard InChI is InChI=1S/C14H12O2/c1-9(15)11-3-5-14-8-12(10(2)16)4-6-13(14)7-11/h3-8H,1-2H3. The number of carbonyl (C=O) groups is 2. The van der Waals surface area contributed by atoms with Crippen LogP contribution in [0.5, 0.6) is 0 Å². The molecule has 0 spiro atoms. The molecule has 0 heterocycles. The normalized spacial score (nSPS) is 10.4. The lowest BCUT2D eigenvalue weighted by molar-refractivity contribution is 0.100. The Morgan fingerprint density at radius 1 is 0.750 bits per heavy atom. The van der Waals surface area contributed by atoms with E-state index < -0.39 is 0 Å². The molecule has 0 bridgehead atoms. The quantitative estimate of drug-likeness (QED) is 0.716. The van der Waals surface area contributed by atoms with Gasteiger partial charge < -0.3 is 0 Å². The third kappa shape index (κ3) is 1.87. The number of Topliss-reactive ketones (excluding diaryl/α,β-unsaturated/α-hetero) is 2. The maximum absolute atomic E-state index is 11.2. The summed E-state index contributed by atoms with van der Waals surface area (Å²) in [7, 11) is 0. The first-order valence-electron chi connectivity index (χ1n) is 5.13. The van der Waals surface area contributed by atoms with E-state index in [1.165, 1.54) is 0 Å². The molecule has 0 aromatic heterocycles. The van der Waals surface area contributed by atoms with Gasteiger partial charge >= 0.3 is 0 Å². The summed E-state index contributed by atoms with van der Waals surface area (Å²) in [6.45, 7) is 3.09. The molecule has 80 valence electrons. The molecule has 0 N–H and O–H groups in total. The molecule has 2 nitrogen and oxygen atoms in total. The van der Waals surface area contributed by atoms with Gasteiger partial charge in [-0.25, -0.2) is 0 Å². The Labute approximate surface area is 93.9 Å². The third-order valence-corrected chi connectivity index (χ3v) is 2.65. The SMILES string of the molecule is CC(=O)c1ccc2cc(C(C)=O)ccc2c1. The summed E-state index contributed by atoms with van der Waals surface area (Å²) in [5.41, 5.74) is 1.39. The summed E-state index contributed by atoms with van der Waals surface area (Å²) < 4.78 is 0. The van der Waals surface area contributed by atoms with Gasteiger partial charge in [0.2, 0.25) is 0 Å². The molecule has 0 unspecified atom stereocenters. The zero-order chi connectivity index (χ0) is 11.7. The van der Waals surface area contributed by atoms with E-state index in [1.807, 2.05) is 24.3 Å². The number of ketones is 2. The van der Waals surface area contributed by atoms with Gasteiger partial charge in [0.05, 0.1) is 0 Å². The van der Waals surface area contributed by atoms with Crippen molar-refractivity contribution in [3.05, 3.63) is 47.5 Å². The van der Waals surface area contributed by atoms with Gasteiger partial charge in [0.1, 0.15) is 0 Å². The Bertz CT molecular complexity index is 529. The molecule has 0 atom stereocenters. The topological polar surface area (TPSA) is 34.1 Å². The lowest BCUT2D eigenvalue weighted by Gasteiger charge is -2.02. The second kappa shape index (κ2) is 3.89. The zero-order valence-corrected chi connectivity index (χ0v) is 9.28. The van der Waals surface area contributed by atoms with Gasteiger partial charge in [-0.15, -0.1) is 0 Å². The molecule has 0 amide bonds. The predicted octanol–water partition coefficient (Wildman–Crippen LogP) is 3.25. The van der Waals surface area contributed by atoms with Crippen molar-refractivity contribution in [2.24, 2.45) is 0 Å². The summed E-state index contributed by atoms with van der Waals surface area (Å²) in [4.78, 5) is 22.4. The van der Waals surface area contributed by atoms with Gasteiger partial charge in [-0.05, 0) is 36.8 Å². The number of hydrogen-bond donors (Lipinski definition) is 0. The maximum Gasteiger partial charge on any atom is 0.159 e. The summed E-state index contributed by atoms with van der Waals surface area (Å²) in [5, 5.41) is 1.97. The minimum atomic E-state index is 0.0533. The van der Waals surface area contributed by atoms with E-state index in [0.717, 1.165) is 10.8 Å². The molecular weight excluding hydrogens is 200 g/mol. The Morgan fingerprint density at radius 2 is 1.12 bits per heavy atom. The fourth-order valence-electron chi connectivity index (χ4n) is 1.68. The van der Waals surface area contributed by atoms with Crippen LogP contribution in [0.3, 0.4) is 0 Å². The molecule has 0 aliphatic carbocycles. The van der Waals surface area contributed by atoms with Crippen LogP contribution in [0.2, 0.25) is 0 Å². The van der Waals surface area contributed by atoms with E-state index >= 15 is 0 Å². The number of rotatable bonds is 2. The average molecular weight is 212 g/mol. The zero-order valence-electron chi connectivity index (χ0n) is 9.28. The molecule has 0 fully saturated rings. The van der Waals surface area contributed by atoms with Crippen LogP contribution in [0.4, 0.5) is 0 Å². The van der Waals surface area contributed by atoms with Gasteiger partial charge in [0.25, 0.3) is 0 Å². The Kier molecular flexibility index (Phi) is 2.57. The highest BCUT2D eigenvalue weighted by atomic mass is 16.1. The second-order valence-electron chi connectivity index (χ2n) is 3.89. The summed E-state index contributed by atoms with van der Waals surface area (Å²) in [5.74, 6) is 0.107. The summed E-state index contributed by atoms with van der Waals surface area (Å²) in [6.07, 6.45) is 0. The van der Waals surface area contributed by atoms with Crippen molar-refractivity contribution in [2.45, 2.75) is 13.8 Å². The van der Waals surface area contributed by atoms with Crippen molar-refractivity contribution in [2.75, 3.05) is 0 Å². The van der Waals surface area contributed by atoms with Crippen molar-refractivity contribution >= 4 is 22.3 Å². The Morgan fingerprint density at radius 3 is 1.44 bits per heavy atom. The second-order valence-corrected chi connectivity index (χ2v) is 3.89. The van der Waals surface area contributed by atoms with Gasteiger partial charge in [0.15, 0.2) is 11.6 Å². The van der Waals surface area contributed by atoms with Crippen LogP contribution in [0.15, 0.2) is 36.4 Å². The third-order valence-electron chi connectivity index (χ3n) is 2.65. The van der Waals surface area contributed by atoms with E-state index in [4.69, 9.17) is 0 Å². The van der Waals surface area contributed by atoms with Gasteiger partial charge in [-0.2, -0.15) is 0 Å². The van der Waals surface area contributed by atoms with Crippen molar-refractivity contribution < 1.29 is 9.59 Å². The molecule has 2 heteroatoms. The number of hydrogen-bond acceptors (Lipinski definition) is 2. The Hall–Kier alpha value is -1.96. The van der Waals surface area contributed by atoms with Gasteiger partial charge in [-0.3, -0.25) is 9.59 Å². The molecule has 0 saturated heterocycles. The van der Waals surface area contributed by atoms with Crippen LogP contribution in [0, 0.1) is 0 Å². The smallest absolute Gasteiger partial charge is 0.159 e. The van der Waals surface area contributed by atoms with Crippen LogP contribution in [0.1, 0.15) is 34.6 Å². The largest absolute Gasteiger partial charge is 0.295 e. The Balaban J connectivity index is 2.61. The molecule has 16 heavy (non-hydrogen) atoms. The maximum atomic E-state index is 11.2. The first-order chi connectivity index (χ1) is 7.58. The van der Waals surface area contributed by atoms with E-state index in [2.05, 4.69) is 0 Å². The molecule has 0 aliphatic heterocycles. The summed E-state index contributed by atoms with van der Waals surface area (Å²) in [6, 6.07) is 11.0. The highest BCUT2D eigenvalue weighted by Gasteiger charge is 2.03. The molecule has 0 aliphatic rings. The summed E-state index contributed by atoms with van der Waals surface area (Å²) >= 11 is 0. The van der Waals surface area contributed by atoms with Crippen LogP contribution in [-0.2, 0) is 0 Å². The minimum absolute atomic E-state index is 0.0533. The first kappa shape index (κ1) is 10.6. The van der Waals surface area contributed by atoms with Crippen LogP contribution in [0.25, 0.3) is 10.8 Å². The molecule has 2 rings (SSSR count). The number of benzene rings is 2. The lowest BCUT2D eigenvalue weighted by Crippen LogP contribution is -1.93. The first-order valence-corrected chi connectivity index (χ1v) is 5.13. The monoisotopic (exact) mass is 212 g/mol. The van der Waals surface area contributed by atoms with Crippen LogP contribution in [-0.4, -0.2) is 11.6 Å². The number of fused-ring (bicyclic) bond motifs is 1. The highest BCUT2D eigenvalue weighted by Crippen LogP contribution is 2.18. The molecule has 0 saturated carbocycles. The van der Waals surface area contributed by atoms with Crippen LogP contribution >= 0.6 is 0 Å². The van der Waals surface area contributed by atoms with E-state index in [9.17, 15) is 9.59 Å². The number of carbonyl (C=O) groups excluding carboxylic acids is 2. The molecule has 2 aromatic carbocycles. The fraction of sp³-hybridized carbons (Fsp3) is 0.143. The lowest BCUT2D eigenvalue weighted by atomic mass is 10.0. The average Bonchev–Trinajstić information content (AvgIpc) is 2.27. The fourth-order valence-corrected chi connectivity index (χ4v) is 1.68. The minimum Gasteiger partial charge on any atom is -0.295 e. The van der Waals surface area contributed by atoms with Crippen molar-refractivity contribution in [1.29, 1.82) is 0 Å². The van der Waals surface area contributed by atoms with E-state index in [0.29, 0.717) is 11.1 Å². The highest BCUT2D eigenvalue weighted by molar-refractivity contribution is 6.01. The van der Waals surface area contributed by atoms with E-state index in [-0.39, 0.29) is 11.6 Å². The van der Waals surface area contributed by atoms with Crippen molar-refractivity contribution in [1.82, 2.24) is 0 Å². The van der Waals surface area contributed by atoms with Crippen molar-refractivity contribution in [3.63, 3.8) is 0 Å².